The fourth-order valence-electron chi connectivity index (χ4n) is 2.31. The van der Waals surface area contributed by atoms with Crippen LogP contribution in [0, 0.1) is 0 Å². The Morgan fingerprint density at radius 3 is 2.46 bits per heavy atom. The molecule has 0 aliphatic rings. The molecule has 0 fully saturated rings. The van der Waals surface area contributed by atoms with Gasteiger partial charge in [0.15, 0.2) is 0 Å². The van der Waals surface area contributed by atoms with E-state index in [1.54, 1.807) is 23.3 Å². The third-order valence-electron chi connectivity index (χ3n) is 3.49. The van der Waals surface area contributed by atoms with E-state index in [0.717, 1.165) is 22.6 Å². The molecule has 1 N–H and O–H groups in total. The third-order valence-corrected chi connectivity index (χ3v) is 4.55. The maximum Gasteiger partial charge on any atom is 0.416 e. The van der Waals surface area contributed by atoms with Gasteiger partial charge in [0.05, 0.1) is 18.2 Å². The number of carbonyl (C=O) groups excluding carboxylic acids is 1. The fraction of sp³-hybridized carbons (Fsp3) is 0.353. The largest absolute Gasteiger partial charge is 0.416 e. The standard InChI is InChI=1S/C17H19F3N2OS/c1-12(15-4-3-9-24-15)21-16(23)11-22(2)10-13-5-7-14(8-6-13)17(18,19)20/h3-9,12H,10-11H2,1-2H3,(H,21,23)/t12-/m1/s1. The number of hydrogen-bond donors (Lipinski definition) is 1. The third kappa shape index (κ3) is 5.35. The molecule has 3 nitrogen and oxygen atoms in total. The Morgan fingerprint density at radius 2 is 1.92 bits per heavy atom. The predicted octanol–water partition coefficient (Wildman–Crippen LogP) is 4.08. The van der Waals surface area contributed by atoms with Crippen LogP contribution in [0.5, 0.6) is 0 Å². The molecule has 7 heteroatoms. The van der Waals surface area contributed by atoms with Crippen LogP contribution < -0.4 is 5.32 Å². The number of rotatable bonds is 6. The lowest BCUT2D eigenvalue weighted by Crippen LogP contribution is -2.36. The molecule has 0 saturated heterocycles. The molecular formula is C17H19F3N2OS. The molecule has 0 aliphatic carbocycles. The van der Waals surface area contributed by atoms with E-state index in [9.17, 15) is 18.0 Å². The molecule has 1 aromatic heterocycles. The Kier molecular flexibility index (Phi) is 6.01. The highest BCUT2D eigenvalue weighted by atomic mass is 32.1. The zero-order chi connectivity index (χ0) is 17.7. The van der Waals surface area contributed by atoms with E-state index in [2.05, 4.69) is 5.32 Å². The predicted molar refractivity (Wildman–Crippen MR) is 88.7 cm³/mol. The minimum Gasteiger partial charge on any atom is -0.348 e. The number of nitrogens with zero attached hydrogens (tertiary/aromatic N) is 1. The molecule has 1 heterocycles. The van der Waals surface area contributed by atoms with Crippen LogP contribution in [0.15, 0.2) is 41.8 Å². The molecule has 0 radical (unpaired) electrons. The lowest BCUT2D eigenvalue weighted by Gasteiger charge is -2.19. The Labute approximate surface area is 143 Å². The normalized spacial score (nSPS) is 13.1. The topological polar surface area (TPSA) is 32.3 Å². The number of likely N-dealkylation sites (N-methyl/N-ethyl adjacent to an activating group) is 1. The Balaban J connectivity index is 1.84. The summed E-state index contributed by atoms with van der Waals surface area (Å²) in [7, 11) is 1.76. The summed E-state index contributed by atoms with van der Waals surface area (Å²) >= 11 is 1.58. The summed E-state index contributed by atoms with van der Waals surface area (Å²) in [6.07, 6.45) is -4.33. The molecule has 2 aromatic rings. The molecule has 130 valence electrons. The number of alkyl halides is 3. The van der Waals surface area contributed by atoms with Gasteiger partial charge in [-0.15, -0.1) is 11.3 Å². The van der Waals surface area contributed by atoms with Crippen molar-refractivity contribution in [3.63, 3.8) is 0 Å². The summed E-state index contributed by atoms with van der Waals surface area (Å²) in [4.78, 5) is 14.9. The first-order chi connectivity index (χ1) is 11.3. The van der Waals surface area contributed by atoms with Crippen LogP contribution in [-0.4, -0.2) is 24.4 Å². The number of carbonyl (C=O) groups is 1. The average molecular weight is 356 g/mol. The number of halogens is 3. The molecule has 0 saturated carbocycles. The summed E-state index contributed by atoms with van der Waals surface area (Å²) in [5.74, 6) is -0.120. The monoisotopic (exact) mass is 356 g/mol. The highest BCUT2D eigenvalue weighted by Gasteiger charge is 2.29. The van der Waals surface area contributed by atoms with E-state index in [-0.39, 0.29) is 18.5 Å². The molecule has 1 atom stereocenters. The Bertz CT molecular complexity index is 653. The van der Waals surface area contributed by atoms with Gasteiger partial charge >= 0.3 is 6.18 Å². The smallest absolute Gasteiger partial charge is 0.348 e. The second-order valence-electron chi connectivity index (χ2n) is 5.67. The molecular weight excluding hydrogens is 337 g/mol. The maximum atomic E-state index is 12.5. The number of benzene rings is 1. The molecule has 24 heavy (non-hydrogen) atoms. The van der Waals surface area contributed by atoms with Crippen LogP contribution >= 0.6 is 11.3 Å². The number of thiophene rings is 1. The summed E-state index contributed by atoms with van der Waals surface area (Å²) in [6.45, 7) is 2.50. The fourth-order valence-corrected chi connectivity index (χ4v) is 3.04. The van der Waals surface area contributed by atoms with E-state index in [1.165, 1.54) is 12.1 Å². The van der Waals surface area contributed by atoms with E-state index >= 15 is 0 Å². The SMILES string of the molecule is C[C@@H](NC(=O)CN(C)Cc1ccc(C(F)(F)F)cc1)c1cccs1. The summed E-state index contributed by atoms with van der Waals surface area (Å²) in [5, 5.41) is 4.86. The van der Waals surface area contributed by atoms with E-state index in [1.807, 2.05) is 24.4 Å². The van der Waals surface area contributed by atoms with Gasteiger partial charge in [0.1, 0.15) is 0 Å². The van der Waals surface area contributed by atoms with Gasteiger partial charge < -0.3 is 5.32 Å². The van der Waals surface area contributed by atoms with Crippen molar-refractivity contribution in [2.24, 2.45) is 0 Å². The van der Waals surface area contributed by atoms with Gasteiger partial charge in [-0.3, -0.25) is 9.69 Å². The van der Waals surface area contributed by atoms with Crippen LogP contribution in [0.3, 0.4) is 0 Å². The zero-order valence-corrected chi connectivity index (χ0v) is 14.2. The number of nitrogens with one attached hydrogen (secondary N) is 1. The summed E-state index contributed by atoms with van der Waals surface area (Å²) in [5.41, 5.74) is 0.0565. The molecule has 0 spiro atoms. The van der Waals surface area contributed by atoms with Crippen molar-refractivity contribution in [1.82, 2.24) is 10.2 Å². The van der Waals surface area contributed by atoms with Gasteiger partial charge in [-0.2, -0.15) is 13.2 Å². The first-order valence-electron chi connectivity index (χ1n) is 7.43. The van der Waals surface area contributed by atoms with Crippen molar-refractivity contribution in [2.45, 2.75) is 25.7 Å². The van der Waals surface area contributed by atoms with E-state index < -0.39 is 11.7 Å². The van der Waals surface area contributed by atoms with Gasteiger partial charge in [-0.1, -0.05) is 18.2 Å². The van der Waals surface area contributed by atoms with Crippen LogP contribution in [-0.2, 0) is 17.5 Å². The molecule has 1 aromatic carbocycles. The van der Waals surface area contributed by atoms with Crippen LogP contribution in [0.25, 0.3) is 0 Å². The van der Waals surface area contributed by atoms with E-state index in [0.29, 0.717) is 6.54 Å². The second kappa shape index (κ2) is 7.81. The van der Waals surface area contributed by atoms with Gasteiger partial charge in [0.25, 0.3) is 0 Å². The first kappa shape index (κ1) is 18.5. The molecule has 0 aliphatic heterocycles. The molecule has 0 unspecified atom stereocenters. The Morgan fingerprint density at radius 1 is 1.25 bits per heavy atom. The lowest BCUT2D eigenvalue weighted by molar-refractivity contribution is -0.137. The minimum atomic E-state index is -4.33. The van der Waals surface area contributed by atoms with Gasteiger partial charge in [-0.05, 0) is 43.1 Å². The van der Waals surface area contributed by atoms with Crippen molar-refractivity contribution in [1.29, 1.82) is 0 Å². The van der Waals surface area contributed by atoms with Gasteiger partial charge in [0.2, 0.25) is 5.91 Å². The van der Waals surface area contributed by atoms with Crippen LogP contribution in [0.2, 0.25) is 0 Å². The average Bonchev–Trinajstić information content (AvgIpc) is 3.00. The van der Waals surface area contributed by atoms with Crippen LogP contribution in [0.4, 0.5) is 13.2 Å². The first-order valence-corrected chi connectivity index (χ1v) is 8.31. The molecule has 0 bridgehead atoms. The highest BCUT2D eigenvalue weighted by molar-refractivity contribution is 7.10. The van der Waals surface area contributed by atoms with Crippen molar-refractivity contribution in [2.75, 3.05) is 13.6 Å². The Hall–Kier alpha value is -1.86. The summed E-state index contributed by atoms with van der Waals surface area (Å²) < 4.78 is 37.6. The van der Waals surface area contributed by atoms with Gasteiger partial charge in [0, 0.05) is 11.4 Å². The van der Waals surface area contributed by atoms with Gasteiger partial charge in [-0.25, -0.2) is 0 Å². The minimum absolute atomic E-state index is 0.0584. The molecule has 2 rings (SSSR count). The van der Waals surface area contributed by atoms with E-state index in [4.69, 9.17) is 0 Å². The lowest BCUT2D eigenvalue weighted by atomic mass is 10.1. The van der Waals surface area contributed by atoms with Crippen LogP contribution in [0.1, 0.15) is 29.0 Å². The van der Waals surface area contributed by atoms with Crippen molar-refractivity contribution in [3.8, 4) is 0 Å². The van der Waals surface area contributed by atoms with Crippen molar-refractivity contribution in [3.05, 3.63) is 57.8 Å². The zero-order valence-electron chi connectivity index (χ0n) is 13.4. The summed E-state index contributed by atoms with van der Waals surface area (Å²) in [6, 6.07) is 8.82. The van der Waals surface area contributed by atoms with Crippen molar-refractivity contribution >= 4 is 17.2 Å². The number of amides is 1. The number of hydrogen-bond acceptors (Lipinski definition) is 3. The quantitative estimate of drug-likeness (QED) is 0.846. The highest BCUT2D eigenvalue weighted by Crippen LogP contribution is 2.29. The van der Waals surface area contributed by atoms with Crippen molar-refractivity contribution < 1.29 is 18.0 Å². The maximum absolute atomic E-state index is 12.5. The molecule has 1 amide bonds. The second-order valence-corrected chi connectivity index (χ2v) is 6.65.